The summed E-state index contributed by atoms with van der Waals surface area (Å²) >= 11 is 0. The first kappa shape index (κ1) is 22.3. The number of benzene rings is 2. The van der Waals surface area contributed by atoms with E-state index in [0.29, 0.717) is 6.42 Å². The summed E-state index contributed by atoms with van der Waals surface area (Å²) in [5.41, 5.74) is 5.01. The Labute approximate surface area is 189 Å². The molecule has 2 atom stereocenters. The van der Waals surface area contributed by atoms with Crippen LogP contribution < -0.4 is 15.5 Å². The lowest BCUT2D eigenvalue weighted by molar-refractivity contribution is -0.117. The molecule has 170 valence electrons. The lowest BCUT2D eigenvalue weighted by Gasteiger charge is -2.39. The molecule has 0 saturated carbocycles. The zero-order valence-corrected chi connectivity index (χ0v) is 18.8. The number of fused-ring (bicyclic) bond motifs is 1. The quantitative estimate of drug-likeness (QED) is 0.682. The van der Waals surface area contributed by atoms with Crippen LogP contribution in [0.25, 0.3) is 11.1 Å². The molecule has 0 aliphatic carbocycles. The predicted octanol–water partition coefficient (Wildman–Crippen LogP) is 3.60. The van der Waals surface area contributed by atoms with Gasteiger partial charge < -0.3 is 20.6 Å². The lowest BCUT2D eigenvalue weighted by atomic mass is 9.89. The van der Waals surface area contributed by atoms with E-state index < -0.39 is 6.09 Å². The van der Waals surface area contributed by atoms with Gasteiger partial charge in [-0.3, -0.25) is 9.69 Å². The zero-order valence-electron chi connectivity index (χ0n) is 18.8. The average molecular weight is 437 g/mol. The van der Waals surface area contributed by atoms with Crippen molar-refractivity contribution in [1.29, 1.82) is 0 Å². The molecular formula is C25H32N4O3. The summed E-state index contributed by atoms with van der Waals surface area (Å²) in [5, 5.41) is 15.4. The molecule has 2 amide bonds. The van der Waals surface area contributed by atoms with Crippen LogP contribution in [0.5, 0.6) is 0 Å². The Bertz CT molecular complexity index is 968. The number of hydrogen-bond donors (Lipinski definition) is 3. The van der Waals surface area contributed by atoms with Gasteiger partial charge >= 0.3 is 6.09 Å². The maximum absolute atomic E-state index is 12.3. The monoisotopic (exact) mass is 436 g/mol. The van der Waals surface area contributed by atoms with Crippen LogP contribution in [0, 0.1) is 0 Å². The van der Waals surface area contributed by atoms with E-state index in [1.54, 1.807) is 11.8 Å². The number of carboxylic acid groups (broad SMARTS) is 1. The largest absolute Gasteiger partial charge is 0.465 e. The van der Waals surface area contributed by atoms with Crippen LogP contribution in [0.2, 0.25) is 0 Å². The van der Waals surface area contributed by atoms with Gasteiger partial charge in [-0.25, -0.2) is 4.79 Å². The highest BCUT2D eigenvalue weighted by Gasteiger charge is 2.33. The molecule has 2 heterocycles. The van der Waals surface area contributed by atoms with Crippen molar-refractivity contribution in [2.24, 2.45) is 0 Å². The van der Waals surface area contributed by atoms with Crippen molar-refractivity contribution in [2.45, 2.75) is 45.3 Å². The highest BCUT2D eigenvalue weighted by Crippen LogP contribution is 2.39. The first-order chi connectivity index (χ1) is 15.4. The van der Waals surface area contributed by atoms with E-state index in [0.717, 1.165) is 55.1 Å². The molecule has 2 aromatic rings. The number of nitrogens with zero attached hydrogens (tertiary/aromatic N) is 2. The Hall–Kier alpha value is -2.90. The number of nitrogens with one attached hydrogen (secondary N) is 2. The molecule has 2 aliphatic rings. The summed E-state index contributed by atoms with van der Waals surface area (Å²) in [4.78, 5) is 27.9. The summed E-state index contributed by atoms with van der Waals surface area (Å²) in [7, 11) is 0. The molecule has 2 aromatic carbocycles. The molecule has 1 fully saturated rings. The van der Waals surface area contributed by atoms with Crippen LogP contribution >= 0.6 is 0 Å². The molecule has 0 radical (unpaired) electrons. The summed E-state index contributed by atoms with van der Waals surface area (Å²) in [6.45, 7) is 8.76. The highest BCUT2D eigenvalue weighted by molar-refractivity contribution is 5.94. The second-order valence-corrected chi connectivity index (χ2v) is 8.83. The molecule has 3 N–H and O–H groups in total. The van der Waals surface area contributed by atoms with Gasteiger partial charge in [-0.2, -0.15) is 0 Å². The predicted molar refractivity (Wildman–Crippen MR) is 126 cm³/mol. The molecule has 0 bridgehead atoms. The summed E-state index contributed by atoms with van der Waals surface area (Å²) < 4.78 is 0. The van der Waals surface area contributed by atoms with Crippen LogP contribution in [0.1, 0.15) is 43.9 Å². The van der Waals surface area contributed by atoms with Gasteiger partial charge in [0, 0.05) is 38.3 Å². The van der Waals surface area contributed by atoms with E-state index >= 15 is 0 Å². The topological polar surface area (TPSA) is 84.9 Å². The zero-order chi connectivity index (χ0) is 22.7. The molecule has 1 saturated heterocycles. The van der Waals surface area contributed by atoms with E-state index in [1.807, 2.05) is 25.1 Å². The molecule has 2 aliphatic heterocycles. The van der Waals surface area contributed by atoms with Gasteiger partial charge in [-0.15, -0.1) is 0 Å². The number of rotatable bonds is 4. The third-order valence-electron chi connectivity index (χ3n) is 6.44. The molecule has 4 rings (SSSR count). The third kappa shape index (κ3) is 4.95. The number of amides is 2. The molecule has 7 heteroatoms. The minimum atomic E-state index is -1.05. The fraction of sp³-hybridized carbons (Fsp3) is 0.440. The molecule has 0 spiro atoms. The second-order valence-electron chi connectivity index (χ2n) is 8.83. The fourth-order valence-corrected chi connectivity index (χ4v) is 4.93. The van der Waals surface area contributed by atoms with Crippen LogP contribution in [0.4, 0.5) is 10.5 Å². The summed E-state index contributed by atoms with van der Waals surface area (Å²) in [6, 6.07) is 14.2. The second kappa shape index (κ2) is 9.71. The van der Waals surface area contributed by atoms with Gasteiger partial charge in [0.2, 0.25) is 5.91 Å². The van der Waals surface area contributed by atoms with Gasteiger partial charge in [0.25, 0.3) is 0 Å². The van der Waals surface area contributed by atoms with Crippen molar-refractivity contribution in [3.05, 3.63) is 53.6 Å². The van der Waals surface area contributed by atoms with Crippen molar-refractivity contribution in [1.82, 2.24) is 15.5 Å². The summed E-state index contributed by atoms with van der Waals surface area (Å²) in [5.74, 6) is -0.0339. The number of anilines is 1. The van der Waals surface area contributed by atoms with Crippen LogP contribution in [0.3, 0.4) is 0 Å². The van der Waals surface area contributed by atoms with Crippen LogP contribution in [-0.4, -0.2) is 54.2 Å². The van der Waals surface area contributed by atoms with Gasteiger partial charge in [0.1, 0.15) is 0 Å². The van der Waals surface area contributed by atoms with Crippen LogP contribution in [-0.2, 0) is 11.3 Å². The third-order valence-corrected chi connectivity index (χ3v) is 6.44. The van der Waals surface area contributed by atoms with E-state index in [2.05, 4.69) is 39.8 Å². The first-order valence-corrected chi connectivity index (χ1v) is 11.4. The Morgan fingerprint density at radius 2 is 1.84 bits per heavy atom. The molecule has 7 nitrogen and oxygen atoms in total. The first-order valence-electron chi connectivity index (χ1n) is 11.4. The van der Waals surface area contributed by atoms with Crippen molar-refractivity contribution >= 4 is 17.7 Å². The minimum Gasteiger partial charge on any atom is -0.465 e. The molecule has 0 unspecified atom stereocenters. The molecular weight excluding hydrogens is 404 g/mol. The molecule has 32 heavy (non-hydrogen) atoms. The van der Waals surface area contributed by atoms with Gasteiger partial charge in [-0.1, -0.05) is 30.3 Å². The SMILES string of the molecule is CC(=O)N1c2ccc(-c3ccc(CN4CCCNCC4)cc3)cc2[C@@H](NC(=O)O)C[C@H]1C. The Morgan fingerprint density at radius 3 is 2.56 bits per heavy atom. The van der Waals surface area contributed by atoms with Gasteiger partial charge in [0.15, 0.2) is 0 Å². The van der Waals surface area contributed by atoms with Gasteiger partial charge in [0.05, 0.1) is 6.04 Å². The Balaban J connectivity index is 1.59. The number of hydrogen-bond acceptors (Lipinski definition) is 4. The normalized spacial score (nSPS) is 21.5. The van der Waals surface area contributed by atoms with E-state index in [-0.39, 0.29) is 18.0 Å². The van der Waals surface area contributed by atoms with Crippen LogP contribution in [0.15, 0.2) is 42.5 Å². The Kier molecular flexibility index (Phi) is 6.77. The highest BCUT2D eigenvalue weighted by atomic mass is 16.4. The van der Waals surface area contributed by atoms with Crippen molar-refractivity contribution in [3.8, 4) is 11.1 Å². The van der Waals surface area contributed by atoms with Crippen molar-refractivity contribution < 1.29 is 14.7 Å². The summed E-state index contributed by atoms with van der Waals surface area (Å²) in [6.07, 6.45) is 0.670. The van der Waals surface area contributed by atoms with E-state index in [1.165, 1.54) is 12.0 Å². The van der Waals surface area contributed by atoms with E-state index in [4.69, 9.17) is 0 Å². The smallest absolute Gasteiger partial charge is 0.405 e. The van der Waals surface area contributed by atoms with Crippen molar-refractivity contribution in [3.63, 3.8) is 0 Å². The number of carbonyl (C=O) groups excluding carboxylic acids is 1. The standard InChI is InChI=1S/C25H32N4O3/c1-17-14-23(27-25(31)32)22-15-21(8-9-24(22)29(17)18(2)30)20-6-4-19(5-7-20)16-28-12-3-10-26-11-13-28/h4-9,15,17,23,26-27H,3,10-14,16H2,1-2H3,(H,31,32)/t17-,23+/m1/s1. The lowest BCUT2D eigenvalue weighted by Crippen LogP contribution is -2.45. The van der Waals surface area contributed by atoms with E-state index in [9.17, 15) is 14.7 Å². The fourth-order valence-electron chi connectivity index (χ4n) is 4.93. The maximum atomic E-state index is 12.3. The van der Waals surface area contributed by atoms with Gasteiger partial charge in [-0.05, 0) is 67.2 Å². The number of carbonyl (C=O) groups is 2. The Morgan fingerprint density at radius 1 is 1.09 bits per heavy atom. The van der Waals surface area contributed by atoms with Crippen molar-refractivity contribution in [2.75, 3.05) is 31.1 Å². The molecule has 0 aromatic heterocycles. The minimum absolute atomic E-state index is 0.0339. The maximum Gasteiger partial charge on any atom is 0.405 e. The average Bonchev–Trinajstić information content (AvgIpc) is 3.02.